The zero-order chi connectivity index (χ0) is 15.9. The highest BCUT2D eigenvalue weighted by Gasteiger charge is 2.32. The van der Waals surface area contributed by atoms with Crippen molar-refractivity contribution < 1.29 is 13.2 Å². The largest absolute Gasteiger partial charge is 0.417 e. The van der Waals surface area contributed by atoms with E-state index in [9.17, 15) is 13.2 Å². The molecule has 0 saturated carbocycles. The molecule has 1 aliphatic heterocycles. The first-order chi connectivity index (χ1) is 10.4. The molecule has 0 aromatic carbocycles. The van der Waals surface area contributed by atoms with Crippen LogP contribution in [0.5, 0.6) is 0 Å². The number of halogens is 4. The highest BCUT2D eigenvalue weighted by molar-refractivity contribution is 6.33. The molecule has 2 aromatic heterocycles. The summed E-state index contributed by atoms with van der Waals surface area (Å²) >= 11 is 5.86. The number of nitrogens with one attached hydrogen (secondary N) is 1. The number of pyridine rings is 1. The highest BCUT2D eigenvalue weighted by Crippen LogP contribution is 2.32. The summed E-state index contributed by atoms with van der Waals surface area (Å²) in [6, 6.07) is 0.845. The Kier molecular flexibility index (Phi) is 3.59. The van der Waals surface area contributed by atoms with Crippen LogP contribution in [0.4, 0.5) is 13.2 Å². The molecule has 0 radical (unpaired) electrons. The minimum absolute atomic E-state index is 0.0936. The van der Waals surface area contributed by atoms with E-state index in [0.29, 0.717) is 18.3 Å². The first-order valence-electron chi connectivity index (χ1n) is 6.46. The van der Waals surface area contributed by atoms with Crippen LogP contribution in [-0.4, -0.2) is 45.6 Å². The maximum atomic E-state index is 12.9. The van der Waals surface area contributed by atoms with Gasteiger partial charge in [-0.3, -0.25) is 9.39 Å². The third-order valence-electron chi connectivity index (χ3n) is 3.32. The SMILES string of the molecule is CN1CCN=C1NCc1nnc2c(Cl)cc(C(F)(F)F)cn12. The maximum Gasteiger partial charge on any atom is 0.417 e. The Morgan fingerprint density at radius 1 is 1.36 bits per heavy atom. The lowest BCUT2D eigenvalue weighted by Crippen LogP contribution is -2.35. The quantitative estimate of drug-likeness (QED) is 0.911. The molecule has 0 saturated heterocycles. The number of aliphatic imine (C=N–C) groups is 1. The second-order valence-corrected chi connectivity index (χ2v) is 5.27. The fraction of sp³-hybridized carbons (Fsp3) is 0.417. The Morgan fingerprint density at radius 3 is 2.77 bits per heavy atom. The molecule has 3 heterocycles. The van der Waals surface area contributed by atoms with Gasteiger partial charge in [0.05, 0.1) is 23.7 Å². The van der Waals surface area contributed by atoms with E-state index in [-0.39, 0.29) is 17.2 Å². The van der Waals surface area contributed by atoms with Crippen LogP contribution in [0.2, 0.25) is 5.02 Å². The van der Waals surface area contributed by atoms with E-state index in [2.05, 4.69) is 20.5 Å². The standard InChI is InChI=1S/C12H12ClF3N6/c1-21-3-2-17-11(21)18-5-9-19-20-10-8(13)4-7(6-22(9)10)12(14,15)16/h4,6H,2-3,5H2,1H3,(H,17,18). The van der Waals surface area contributed by atoms with E-state index in [1.807, 2.05) is 11.9 Å². The molecule has 22 heavy (non-hydrogen) atoms. The molecule has 0 amide bonds. The van der Waals surface area contributed by atoms with Crippen molar-refractivity contribution in [3.8, 4) is 0 Å². The number of nitrogens with zero attached hydrogens (tertiary/aromatic N) is 5. The van der Waals surface area contributed by atoms with Crippen LogP contribution in [0.15, 0.2) is 17.3 Å². The molecular formula is C12H12ClF3N6. The average molecular weight is 333 g/mol. The normalized spacial score (nSPS) is 15.5. The fourth-order valence-electron chi connectivity index (χ4n) is 2.16. The zero-order valence-electron chi connectivity index (χ0n) is 11.5. The number of rotatable bonds is 2. The summed E-state index contributed by atoms with van der Waals surface area (Å²) in [6.45, 7) is 1.68. The molecule has 0 unspecified atom stereocenters. The summed E-state index contributed by atoms with van der Waals surface area (Å²) in [4.78, 5) is 6.15. The third-order valence-corrected chi connectivity index (χ3v) is 3.60. The van der Waals surface area contributed by atoms with Gasteiger partial charge >= 0.3 is 6.18 Å². The second-order valence-electron chi connectivity index (χ2n) is 4.86. The molecule has 0 spiro atoms. The summed E-state index contributed by atoms with van der Waals surface area (Å²) in [5.41, 5.74) is -0.658. The summed E-state index contributed by atoms with van der Waals surface area (Å²) in [6.07, 6.45) is -3.54. The van der Waals surface area contributed by atoms with Crippen molar-refractivity contribution in [2.75, 3.05) is 20.1 Å². The van der Waals surface area contributed by atoms with Gasteiger partial charge in [-0.15, -0.1) is 10.2 Å². The van der Waals surface area contributed by atoms with Gasteiger partial charge in [0.2, 0.25) is 0 Å². The first-order valence-corrected chi connectivity index (χ1v) is 6.84. The van der Waals surface area contributed by atoms with Crippen molar-refractivity contribution in [1.82, 2.24) is 24.8 Å². The Labute approximate surface area is 128 Å². The fourth-order valence-corrected chi connectivity index (χ4v) is 2.40. The maximum absolute atomic E-state index is 12.9. The average Bonchev–Trinajstić information content (AvgIpc) is 3.02. The Balaban J connectivity index is 1.91. The van der Waals surface area contributed by atoms with Crippen molar-refractivity contribution in [2.45, 2.75) is 12.7 Å². The molecule has 1 N–H and O–H groups in total. The molecular weight excluding hydrogens is 321 g/mol. The minimum atomic E-state index is -4.48. The summed E-state index contributed by atoms with van der Waals surface area (Å²) in [5, 5.41) is 10.7. The number of aromatic nitrogens is 3. The third kappa shape index (κ3) is 2.68. The molecule has 0 fully saturated rings. The predicted octanol–water partition coefficient (Wildman–Crippen LogP) is 1.79. The highest BCUT2D eigenvalue weighted by atomic mass is 35.5. The van der Waals surface area contributed by atoms with Gasteiger partial charge < -0.3 is 10.2 Å². The van der Waals surface area contributed by atoms with Crippen molar-refractivity contribution >= 4 is 23.2 Å². The van der Waals surface area contributed by atoms with Gasteiger partial charge in [-0.25, -0.2) is 0 Å². The lowest BCUT2D eigenvalue weighted by molar-refractivity contribution is -0.137. The summed E-state index contributed by atoms with van der Waals surface area (Å²) < 4.78 is 39.8. The van der Waals surface area contributed by atoms with Gasteiger partial charge in [-0.1, -0.05) is 11.6 Å². The molecule has 0 bridgehead atoms. The number of hydrogen-bond acceptors (Lipinski definition) is 5. The van der Waals surface area contributed by atoms with Gasteiger partial charge in [0, 0.05) is 19.8 Å². The number of likely N-dealkylation sites (N-methyl/N-ethyl adjacent to an activating group) is 1. The van der Waals surface area contributed by atoms with Crippen molar-refractivity contribution in [1.29, 1.82) is 0 Å². The molecule has 118 valence electrons. The first kappa shape index (κ1) is 14.9. The van der Waals surface area contributed by atoms with Crippen LogP contribution in [0, 0.1) is 0 Å². The van der Waals surface area contributed by atoms with Gasteiger partial charge in [-0.2, -0.15) is 13.2 Å². The van der Waals surface area contributed by atoms with E-state index < -0.39 is 11.7 Å². The van der Waals surface area contributed by atoms with Gasteiger partial charge in [0.1, 0.15) is 0 Å². The van der Waals surface area contributed by atoms with Crippen molar-refractivity contribution in [3.05, 3.63) is 28.7 Å². The van der Waals surface area contributed by atoms with Gasteiger partial charge in [0.15, 0.2) is 17.4 Å². The number of hydrogen-bond donors (Lipinski definition) is 1. The number of guanidine groups is 1. The van der Waals surface area contributed by atoms with E-state index in [1.165, 1.54) is 4.40 Å². The van der Waals surface area contributed by atoms with Crippen LogP contribution in [-0.2, 0) is 12.7 Å². The Morgan fingerprint density at radius 2 is 2.14 bits per heavy atom. The van der Waals surface area contributed by atoms with Gasteiger partial charge in [0.25, 0.3) is 0 Å². The molecule has 3 rings (SSSR count). The summed E-state index contributed by atoms with van der Waals surface area (Å²) in [5.74, 6) is 1.00. The summed E-state index contributed by atoms with van der Waals surface area (Å²) in [7, 11) is 1.87. The smallest absolute Gasteiger partial charge is 0.349 e. The number of fused-ring (bicyclic) bond motifs is 1. The van der Waals surface area contributed by atoms with Crippen molar-refractivity contribution in [2.24, 2.45) is 4.99 Å². The Hall–Kier alpha value is -2.03. The molecule has 2 aromatic rings. The van der Waals surface area contributed by atoms with E-state index in [0.717, 1.165) is 18.8 Å². The zero-order valence-corrected chi connectivity index (χ0v) is 12.3. The monoisotopic (exact) mass is 332 g/mol. The van der Waals surface area contributed by atoms with E-state index >= 15 is 0 Å². The van der Waals surface area contributed by atoms with Gasteiger partial charge in [-0.05, 0) is 6.07 Å². The van der Waals surface area contributed by atoms with E-state index in [4.69, 9.17) is 11.6 Å². The molecule has 10 heteroatoms. The van der Waals surface area contributed by atoms with Crippen LogP contribution < -0.4 is 5.32 Å². The number of alkyl halides is 3. The van der Waals surface area contributed by atoms with Crippen molar-refractivity contribution in [3.63, 3.8) is 0 Å². The minimum Gasteiger partial charge on any atom is -0.349 e. The lowest BCUT2D eigenvalue weighted by Gasteiger charge is -2.14. The molecule has 0 aliphatic carbocycles. The predicted molar refractivity (Wildman–Crippen MR) is 74.8 cm³/mol. The van der Waals surface area contributed by atoms with Crippen LogP contribution in [0.3, 0.4) is 0 Å². The lowest BCUT2D eigenvalue weighted by atomic mass is 10.3. The van der Waals surface area contributed by atoms with E-state index in [1.54, 1.807) is 0 Å². The van der Waals surface area contributed by atoms with Crippen LogP contribution in [0.1, 0.15) is 11.4 Å². The van der Waals surface area contributed by atoms with Crippen LogP contribution >= 0.6 is 11.6 Å². The Bertz CT molecular complexity index is 738. The molecule has 1 aliphatic rings. The second kappa shape index (κ2) is 5.31. The topological polar surface area (TPSA) is 57.8 Å². The van der Waals surface area contributed by atoms with Crippen LogP contribution in [0.25, 0.3) is 5.65 Å². The molecule has 0 atom stereocenters. The molecule has 6 nitrogen and oxygen atoms in total.